The summed E-state index contributed by atoms with van der Waals surface area (Å²) in [4.78, 5) is 0. The largest absolute Gasteiger partial charge is 0.497 e. The van der Waals surface area contributed by atoms with Crippen LogP contribution >= 0.6 is 23.2 Å². The summed E-state index contributed by atoms with van der Waals surface area (Å²) < 4.78 is 11.1. The number of halogens is 2. The first kappa shape index (κ1) is 14.5. The van der Waals surface area contributed by atoms with Crippen molar-refractivity contribution < 1.29 is 14.6 Å². The fourth-order valence-corrected chi connectivity index (χ4v) is 3.06. The number of hydrogen-bond donors (Lipinski definition) is 1. The third kappa shape index (κ3) is 2.95. The molecule has 0 radical (unpaired) electrons. The van der Waals surface area contributed by atoms with E-state index in [0.717, 1.165) is 11.1 Å². The molecule has 2 atom stereocenters. The fraction of sp³-hybridized carbons (Fsp3) is 0.250. The summed E-state index contributed by atoms with van der Waals surface area (Å²) in [5, 5.41) is 11.5. The van der Waals surface area contributed by atoms with Gasteiger partial charge in [0.25, 0.3) is 0 Å². The maximum absolute atomic E-state index is 10.4. The lowest BCUT2D eigenvalue weighted by molar-refractivity contribution is 0.0654. The molecule has 2 aromatic carbocycles. The van der Waals surface area contributed by atoms with Crippen LogP contribution in [0.2, 0.25) is 10.0 Å². The second kappa shape index (κ2) is 5.76. The Morgan fingerprint density at radius 3 is 2.52 bits per heavy atom. The molecule has 5 heteroatoms. The fourth-order valence-electron chi connectivity index (χ4n) is 2.52. The van der Waals surface area contributed by atoms with Gasteiger partial charge in [-0.05, 0) is 42.0 Å². The van der Waals surface area contributed by atoms with Crippen molar-refractivity contribution in [3.63, 3.8) is 0 Å². The quantitative estimate of drug-likeness (QED) is 0.880. The van der Waals surface area contributed by atoms with Gasteiger partial charge >= 0.3 is 0 Å². The van der Waals surface area contributed by atoms with Crippen LogP contribution in [0.3, 0.4) is 0 Å². The SMILES string of the molecule is COc1ccc2c(c1)C(O)CC(c1cc(Cl)cc(Cl)c1)O2. The molecule has 1 aliphatic heterocycles. The minimum Gasteiger partial charge on any atom is -0.497 e. The van der Waals surface area contributed by atoms with Gasteiger partial charge in [-0.2, -0.15) is 0 Å². The van der Waals surface area contributed by atoms with Crippen LogP contribution in [0, 0.1) is 0 Å². The number of aliphatic hydroxyl groups is 1. The van der Waals surface area contributed by atoms with E-state index in [-0.39, 0.29) is 6.10 Å². The number of ether oxygens (including phenoxy) is 2. The number of methoxy groups -OCH3 is 1. The van der Waals surface area contributed by atoms with Crippen LogP contribution < -0.4 is 9.47 Å². The zero-order valence-electron chi connectivity index (χ0n) is 11.3. The van der Waals surface area contributed by atoms with Gasteiger partial charge < -0.3 is 14.6 Å². The van der Waals surface area contributed by atoms with Gasteiger partial charge in [0.05, 0.1) is 13.2 Å². The monoisotopic (exact) mass is 324 g/mol. The molecule has 0 bridgehead atoms. The molecule has 3 nitrogen and oxygen atoms in total. The number of aliphatic hydroxyl groups excluding tert-OH is 1. The third-order valence-corrected chi connectivity index (χ3v) is 3.98. The summed E-state index contributed by atoms with van der Waals surface area (Å²) in [5.74, 6) is 1.34. The van der Waals surface area contributed by atoms with Crippen molar-refractivity contribution in [2.24, 2.45) is 0 Å². The van der Waals surface area contributed by atoms with Crippen molar-refractivity contribution in [3.8, 4) is 11.5 Å². The molecule has 0 spiro atoms. The predicted octanol–water partition coefficient (Wildman–Crippen LogP) is 4.56. The van der Waals surface area contributed by atoms with Crippen molar-refractivity contribution in [3.05, 3.63) is 57.6 Å². The molecule has 0 aromatic heterocycles. The normalized spacial score (nSPS) is 20.6. The minimum absolute atomic E-state index is 0.280. The molecule has 0 amide bonds. The Morgan fingerprint density at radius 1 is 1.14 bits per heavy atom. The van der Waals surface area contributed by atoms with E-state index in [1.165, 1.54) is 0 Å². The van der Waals surface area contributed by atoms with Gasteiger partial charge in [0.15, 0.2) is 0 Å². The van der Waals surface area contributed by atoms with Gasteiger partial charge in [0.2, 0.25) is 0 Å². The summed E-state index contributed by atoms with van der Waals surface area (Å²) in [6, 6.07) is 10.7. The molecule has 0 fully saturated rings. The van der Waals surface area contributed by atoms with Gasteiger partial charge in [-0.3, -0.25) is 0 Å². The Balaban J connectivity index is 1.94. The van der Waals surface area contributed by atoms with Crippen LogP contribution in [0.25, 0.3) is 0 Å². The molecule has 0 saturated heterocycles. The van der Waals surface area contributed by atoms with Crippen LogP contribution in [0.4, 0.5) is 0 Å². The van der Waals surface area contributed by atoms with Crippen molar-refractivity contribution in [1.29, 1.82) is 0 Å². The van der Waals surface area contributed by atoms with E-state index >= 15 is 0 Å². The predicted molar refractivity (Wildman–Crippen MR) is 82.4 cm³/mol. The molecule has 110 valence electrons. The first-order valence-electron chi connectivity index (χ1n) is 6.55. The summed E-state index contributed by atoms with van der Waals surface area (Å²) >= 11 is 12.1. The lowest BCUT2D eigenvalue weighted by atomic mass is 9.95. The minimum atomic E-state index is -0.619. The molecule has 1 aliphatic rings. The van der Waals surface area contributed by atoms with E-state index in [1.807, 2.05) is 0 Å². The van der Waals surface area contributed by atoms with Crippen molar-refractivity contribution in [2.75, 3.05) is 7.11 Å². The van der Waals surface area contributed by atoms with E-state index in [2.05, 4.69) is 0 Å². The average Bonchev–Trinajstić information content (AvgIpc) is 2.46. The Kier molecular flexibility index (Phi) is 3.98. The van der Waals surface area contributed by atoms with Gasteiger partial charge in [-0.25, -0.2) is 0 Å². The van der Waals surface area contributed by atoms with Crippen LogP contribution in [0.15, 0.2) is 36.4 Å². The molecule has 21 heavy (non-hydrogen) atoms. The van der Waals surface area contributed by atoms with Gasteiger partial charge in [0, 0.05) is 22.0 Å². The molecular formula is C16H14Cl2O3. The Bertz CT molecular complexity index is 652. The number of rotatable bonds is 2. The van der Waals surface area contributed by atoms with Gasteiger partial charge in [0.1, 0.15) is 17.6 Å². The van der Waals surface area contributed by atoms with Crippen molar-refractivity contribution >= 4 is 23.2 Å². The Morgan fingerprint density at radius 2 is 1.86 bits per heavy atom. The highest BCUT2D eigenvalue weighted by molar-refractivity contribution is 6.34. The topological polar surface area (TPSA) is 38.7 Å². The zero-order valence-corrected chi connectivity index (χ0v) is 12.9. The average molecular weight is 325 g/mol. The highest BCUT2D eigenvalue weighted by Crippen LogP contribution is 2.42. The van der Waals surface area contributed by atoms with E-state index in [0.29, 0.717) is 28.0 Å². The maximum Gasteiger partial charge on any atom is 0.127 e. The lowest BCUT2D eigenvalue weighted by Gasteiger charge is -2.30. The first-order chi connectivity index (χ1) is 10.1. The number of benzene rings is 2. The molecular weight excluding hydrogens is 311 g/mol. The standard InChI is InChI=1S/C16H14Cl2O3/c1-20-12-2-3-15-13(7-12)14(19)8-16(21-15)9-4-10(17)6-11(18)5-9/h2-7,14,16,19H,8H2,1H3. The Hall–Kier alpha value is -1.42. The lowest BCUT2D eigenvalue weighted by Crippen LogP contribution is -2.19. The van der Waals surface area contributed by atoms with E-state index < -0.39 is 6.10 Å². The second-order valence-electron chi connectivity index (χ2n) is 4.96. The molecule has 0 aliphatic carbocycles. The van der Waals surface area contributed by atoms with Gasteiger partial charge in [-0.15, -0.1) is 0 Å². The second-order valence-corrected chi connectivity index (χ2v) is 5.84. The highest BCUT2D eigenvalue weighted by atomic mass is 35.5. The summed E-state index contributed by atoms with van der Waals surface area (Å²) in [6.07, 6.45) is -0.458. The van der Waals surface area contributed by atoms with Crippen molar-refractivity contribution in [2.45, 2.75) is 18.6 Å². The molecule has 2 unspecified atom stereocenters. The van der Waals surface area contributed by atoms with E-state index in [9.17, 15) is 5.11 Å². The van der Waals surface area contributed by atoms with Crippen molar-refractivity contribution in [1.82, 2.24) is 0 Å². The maximum atomic E-state index is 10.4. The first-order valence-corrected chi connectivity index (χ1v) is 7.31. The summed E-state index contributed by atoms with van der Waals surface area (Å²) in [6.45, 7) is 0. The highest BCUT2D eigenvalue weighted by Gasteiger charge is 2.28. The Labute approximate surface area is 133 Å². The molecule has 3 rings (SSSR count). The van der Waals surface area contributed by atoms with E-state index in [4.69, 9.17) is 32.7 Å². The summed E-state index contributed by atoms with van der Waals surface area (Å²) in [7, 11) is 1.59. The third-order valence-electron chi connectivity index (χ3n) is 3.54. The van der Waals surface area contributed by atoms with Crippen LogP contribution in [0.5, 0.6) is 11.5 Å². The smallest absolute Gasteiger partial charge is 0.127 e. The number of hydrogen-bond acceptors (Lipinski definition) is 3. The number of fused-ring (bicyclic) bond motifs is 1. The molecule has 1 N–H and O–H groups in total. The molecule has 0 saturated carbocycles. The molecule has 2 aromatic rings. The zero-order chi connectivity index (χ0) is 15.0. The van der Waals surface area contributed by atoms with Crippen LogP contribution in [0.1, 0.15) is 29.8 Å². The summed E-state index contributed by atoms with van der Waals surface area (Å²) in [5.41, 5.74) is 1.59. The molecule has 1 heterocycles. The van der Waals surface area contributed by atoms with Gasteiger partial charge in [-0.1, -0.05) is 23.2 Å². The van der Waals surface area contributed by atoms with Crippen LogP contribution in [-0.2, 0) is 0 Å². The van der Waals surface area contributed by atoms with Crippen LogP contribution in [-0.4, -0.2) is 12.2 Å². The van der Waals surface area contributed by atoms with E-state index in [1.54, 1.807) is 43.5 Å².